The average molecular weight is 501 g/mol. The number of methoxy groups -OCH3 is 1. The number of ether oxygens (including phenoxy) is 2. The molecule has 1 N–H and O–H groups in total. The molecule has 0 saturated carbocycles. The van der Waals surface area contributed by atoms with Crippen molar-refractivity contribution in [3.63, 3.8) is 0 Å². The first-order valence-corrected chi connectivity index (χ1v) is 8.46. The van der Waals surface area contributed by atoms with Crippen LogP contribution in [0.3, 0.4) is 0 Å². The van der Waals surface area contributed by atoms with Crippen molar-refractivity contribution in [2.24, 2.45) is 4.99 Å². The molecule has 1 heterocycles. The van der Waals surface area contributed by atoms with Crippen LogP contribution < -0.4 is 5.32 Å². The van der Waals surface area contributed by atoms with Gasteiger partial charge in [-0.2, -0.15) is 13.2 Å². The number of aliphatic imine (C=N–C) groups is 1. The van der Waals surface area contributed by atoms with Crippen molar-refractivity contribution >= 4 is 29.9 Å². The van der Waals surface area contributed by atoms with E-state index >= 15 is 0 Å². The van der Waals surface area contributed by atoms with Gasteiger partial charge in [-0.1, -0.05) is 12.1 Å². The molecule has 1 saturated heterocycles. The summed E-state index contributed by atoms with van der Waals surface area (Å²) in [5.74, 6) is 0.676. The van der Waals surface area contributed by atoms with Gasteiger partial charge in [0.2, 0.25) is 0 Å². The number of hydrogen-bond donors (Lipinski definition) is 1. The van der Waals surface area contributed by atoms with Crippen LogP contribution in [0.4, 0.5) is 13.2 Å². The van der Waals surface area contributed by atoms with E-state index in [-0.39, 0.29) is 29.6 Å². The minimum absolute atomic E-state index is 0. The van der Waals surface area contributed by atoms with Crippen LogP contribution in [0, 0.1) is 0 Å². The van der Waals surface area contributed by atoms with Crippen LogP contribution in [0.15, 0.2) is 29.3 Å². The number of benzene rings is 1. The van der Waals surface area contributed by atoms with Gasteiger partial charge in [-0.05, 0) is 31.5 Å². The average Bonchev–Trinajstić information content (AvgIpc) is 2.62. The van der Waals surface area contributed by atoms with E-state index in [9.17, 15) is 13.2 Å². The molecule has 1 aliphatic rings. The third-order valence-corrected chi connectivity index (χ3v) is 4.39. The highest BCUT2D eigenvalue weighted by Crippen LogP contribution is 2.32. The molecule has 1 aliphatic heterocycles. The molecule has 5 nitrogen and oxygen atoms in total. The summed E-state index contributed by atoms with van der Waals surface area (Å²) >= 11 is 0. The zero-order valence-corrected chi connectivity index (χ0v) is 18.3. The normalized spacial score (nSPS) is 18.9. The SMILES string of the molecule is CN=C(NCC(C)(C)OC)N1CCOC(c2cccc(C(F)(F)F)c2)C1.I. The molecule has 0 radical (unpaired) electrons. The maximum absolute atomic E-state index is 12.9. The zero-order chi connectivity index (χ0) is 19.4. The van der Waals surface area contributed by atoms with E-state index in [0.29, 0.717) is 37.8 Å². The molecule has 1 aromatic rings. The Morgan fingerprint density at radius 2 is 2.07 bits per heavy atom. The number of guanidine groups is 1. The molecule has 0 bridgehead atoms. The molecule has 0 aliphatic carbocycles. The maximum Gasteiger partial charge on any atom is 0.416 e. The second kappa shape index (κ2) is 9.92. The van der Waals surface area contributed by atoms with Crippen molar-refractivity contribution in [1.82, 2.24) is 10.2 Å². The Bertz CT molecular complexity index is 639. The summed E-state index contributed by atoms with van der Waals surface area (Å²) in [6.45, 7) is 5.92. The van der Waals surface area contributed by atoms with E-state index in [2.05, 4.69) is 10.3 Å². The fourth-order valence-electron chi connectivity index (χ4n) is 2.65. The van der Waals surface area contributed by atoms with Gasteiger partial charge >= 0.3 is 6.18 Å². The summed E-state index contributed by atoms with van der Waals surface area (Å²) in [7, 11) is 3.32. The van der Waals surface area contributed by atoms with E-state index in [1.807, 2.05) is 18.7 Å². The van der Waals surface area contributed by atoms with Gasteiger partial charge < -0.3 is 19.7 Å². The van der Waals surface area contributed by atoms with Gasteiger partial charge in [-0.25, -0.2) is 0 Å². The van der Waals surface area contributed by atoms with Crippen molar-refractivity contribution in [2.45, 2.75) is 31.7 Å². The Balaban J connectivity index is 0.00000364. The number of hydrogen-bond acceptors (Lipinski definition) is 3. The molecule has 1 unspecified atom stereocenters. The Morgan fingerprint density at radius 1 is 1.37 bits per heavy atom. The highest BCUT2D eigenvalue weighted by atomic mass is 127. The van der Waals surface area contributed by atoms with Gasteiger partial charge in [-0.15, -0.1) is 24.0 Å². The van der Waals surface area contributed by atoms with Crippen LogP contribution in [0.2, 0.25) is 0 Å². The summed E-state index contributed by atoms with van der Waals surface area (Å²) in [5.41, 5.74) is -0.514. The number of alkyl halides is 3. The minimum Gasteiger partial charge on any atom is -0.377 e. The predicted molar refractivity (Wildman–Crippen MR) is 110 cm³/mol. The molecule has 0 amide bonds. The van der Waals surface area contributed by atoms with E-state index in [4.69, 9.17) is 9.47 Å². The quantitative estimate of drug-likeness (QED) is 0.389. The second-order valence-electron chi connectivity index (χ2n) is 6.79. The third kappa shape index (κ3) is 6.79. The van der Waals surface area contributed by atoms with Crippen LogP contribution in [-0.4, -0.2) is 56.9 Å². The lowest BCUT2D eigenvalue weighted by molar-refractivity contribution is -0.137. The Hall–Kier alpha value is -1.07. The monoisotopic (exact) mass is 501 g/mol. The summed E-state index contributed by atoms with van der Waals surface area (Å²) in [6, 6.07) is 5.29. The predicted octanol–water partition coefficient (Wildman–Crippen LogP) is 3.70. The highest BCUT2D eigenvalue weighted by molar-refractivity contribution is 14.0. The topological polar surface area (TPSA) is 46.1 Å². The van der Waals surface area contributed by atoms with E-state index in [1.54, 1.807) is 20.2 Å². The molecule has 9 heteroatoms. The highest BCUT2D eigenvalue weighted by Gasteiger charge is 2.32. The fraction of sp³-hybridized carbons (Fsp3) is 0.611. The van der Waals surface area contributed by atoms with Crippen LogP contribution in [0.25, 0.3) is 0 Å². The molecule has 1 atom stereocenters. The summed E-state index contributed by atoms with van der Waals surface area (Å²) in [4.78, 5) is 6.26. The van der Waals surface area contributed by atoms with Gasteiger partial charge in [0.05, 0.1) is 24.3 Å². The fourth-order valence-corrected chi connectivity index (χ4v) is 2.65. The molecule has 1 aromatic carbocycles. The van der Waals surface area contributed by atoms with Gasteiger partial charge in [0, 0.05) is 27.2 Å². The number of morpholine rings is 1. The smallest absolute Gasteiger partial charge is 0.377 e. The van der Waals surface area contributed by atoms with Crippen LogP contribution in [0.5, 0.6) is 0 Å². The van der Waals surface area contributed by atoms with Gasteiger partial charge in [0.1, 0.15) is 6.10 Å². The summed E-state index contributed by atoms with van der Waals surface area (Å²) in [5, 5.41) is 3.25. The Morgan fingerprint density at radius 3 is 2.67 bits per heavy atom. The van der Waals surface area contributed by atoms with Gasteiger partial charge in [0.25, 0.3) is 0 Å². The molecular formula is C18H27F3IN3O2. The molecule has 2 rings (SSSR count). The molecule has 27 heavy (non-hydrogen) atoms. The molecular weight excluding hydrogens is 474 g/mol. The van der Waals surface area contributed by atoms with Crippen LogP contribution in [-0.2, 0) is 15.7 Å². The molecule has 0 aromatic heterocycles. The van der Waals surface area contributed by atoms with E-state index in [1.165, 1.54) is 6.07 Å². The molecule has 0 spiro atoms. The van der Waals surface area contributed by atoms with Crippen LogP contribution >= 0.6 is 24.0 Å². The van der Waals surface area contributed by atoms with Gasteiger partial charge in [0.15, 0.2) is 5.96 Å². The largest absolute Gasteiger partial charge is 0.416 e. The molecule has 1 fully saturated rings. The maximum atomic E-state index is 12.9. The Labute approximate surface area is 175 Å². The second-order valence-corrected chi connectivity index (χ2v) is 6.79. The summed E-state index contributed by atoms with van der Waals surface area (Å²) < 4.78 is 49.9. The van der Waals surface area contributed by atoms with E-state index < -0.39 is 17.8 Å². The first-order chi connectivity index (χ1) is 12.2. The number of halogens is 4. The van der Waals surface area contributed by atoms with Crippen molar-refractivity contribution in [2.75, 3.05) is 40.4 Å². The van der Waals surface area contributed by atoms with Crippen LogP contribution in [0.1, 0.15) is 31.1 Å². The first kappa shape index (κ1) is 24.0. The zero-order valence-electron chi connectivity index (χ0n) is 16.0. The van der Waals surface area contributed by atoms with Crippen molar-refractivity contribution in [3.8, 4) is 0 Å². The molecule has 154 valence electrons. The van der Waals surface area contributed by atoms with Gasteiger partial charge in [-0.3, -0.25) is 4.99 Å². The standard InChI is InChI=1S/C18H26F3N3O2.HI/c1-17(2,25-4)12-23-16(22-3)24-8-9-26-15(11-24)13-6-5-7-14(10-13)18(19,20)21;/h5-7,10,15H,8-9,11-12H2,1-4H3,(H,22,23);1H. The lowest BCUT2D eigenvalue weighted by atomic mass is 10.0. The van der Waals surface area contributed by atoms with Crippen molar-refractivity contribution in [3.05, 3.63) is 35.4 Å². The number of nitrogens with one attached hydrogen (secondary N) is 1. The third-order valence-electron chi connectivity index (χ3n) is 4.39. The lowest BCUT2D eigenvalue weighted by Gasteiger charge is -2.36. The van der Waals surface area contributed by atoms with Crippen molar-refractivity contribution in [1.29, 1.82) is 0 Å². The summed E-state index contributed by atoms with van der Waals surface area (Å²) in [6.07, 6.45) is -4.81. The Kier molecular flexibility index (Phi) is 8.81. The number of rotatable bonds is 4. The number of nitrogens with zero attached hydrogens (tertiary/aromatic N) is 2. The van der Waals surface area contributed by atoms with Crippen molar-refractivity contribution < 1.29 is 22.6 Å². The lowest BCUT2D eigenvalue weighted by Crippen LogP contribution is -2.51. The minimum atomic E-state index is -4.37. The first-order valence-electron chi connectivity index (χ1n) is 8.46. The van der Waals surface area contributed by atoms with E-state index in [0.717, 1.165) is 12.1 Å².